The van der Waals surface area contributed by atoms with Gasteiger partial charge in [-0.15, -0.1) is 0 Å². The zero-order chi connectivity index (χ0) is 12.4. The summed E-state index contributed by atoms with van der Waals surface area (Å²) in [6.07, 6.45) is 1.10. The average Bonchev–Trinajstić information content (AvgIpc) is 2.80. The first-order valence-electron chi connectivity index (χ1n) is 5.42. The molecule has 17 heavy (non-hydrogen) atoms. The van der Waals surface area contributed by atoms with E-state index in [4.69, 9.17) is 0 Å². The molecule has 2 nitrogen and oxygen atoms in total. The lowest BCUT2D eigenvalue weighted by molar-refractivity contribution is 0.0787. The van der Waals surface area contributed by atoms with Crippen molar-refractivity contribution in [3.8, 4) is 0 Å². The Balaban J connectivity index is 2.17. The van der Waals surface area contributed by atoms with Gasteiger partial charge in [-0.25, -0.2) is 0 Å². The fraction of sp³-hybridized carbons (Fsp3) is 0.417. The monoisotopic (exact) mass is 471 g/mol. The fourth-order valence-corrected chi connectivity index (χ4v) is 3.41. The molecular weight excluding hydrogens is 461 g/mol. The fourth-order valence-electron chi connectivity index (χ4n) is 1.97. The highest BCUT2D eigenvalue weighted by atomic mass is 127. The number of carbonyl (C=O) groups is 1. The molecule has 0 N–H and O–H groups in total. The Hall–Kier alpha value is 0.380. The second-order valence-electron chi connectivity index (χ2n) is 4.18. The van der Waals surface area contributed by atoms with Gasteiger partial charge >= 0.3 is 0 Å². The topological polar surface area (TPSA) is 20.3 Å². The van der Waals surface area contributed by atoms with E-state index in [0.717, 1.165) is 38.4 Å². The van der Waals surface area contributed by atoms with Gasteiger partial charge in [0.25, 0.3) is 5.91 Å². The minimum Gasteiger partial charge on any atom is -0.338 e. The molecule has 1 unspecified atom stereocenters. The number of carbonyl (C=O) groups excluding carboxylic acids is 1. The number of halogens is 3. The summed E-state index contributed by atoms with van der Waals surface area (Å²) in [4.78, 5) is 14.3. The molecule has 1 aliphatic heterocycles. The van der Waals surface area contributed by atoms with Gasteiger partial charge in [-0.1, -0.05) is 15.9 Å². The summed E-state index contributed by atoms with van der Waals surface area (Å²) in [5, 5.41) is 0.976. The van der Waals surface area contributed by atoms with Crippen molar-refractivity contribution in [3.05, 3.63) is 31.8 Å². The van der Waals surface area contributed by atoms with Crippen LogP contribution in [0.1, 0.15) is 16.8 Å². The lowest BCUT2D eigenvalue weighted by atomic mass is 10.2. The molecule has 2 rings (SSSR count). The maximum Gasteiger partial charge on any atom is 0.255 e. The van der Waals surface area contributed by atoms with Crippen LogP contribution < -0.4 is 0 Å². The van der Waals surface area contributed by atoms with Gasteiger partial charge in [-0.05, 0) is 69.1 Å². The van der Waals surface area contributed by atoms with Crippen molar-refractivity contribution >= 4 is 60.4 Å². The summed E-state index contributed by atoms with van der Waals surface area (Å²) in [6.45, 7) is 1.73. The lowest BCUT2D eigenvalue weighted by Gasteiger charge is -2.17. The molecule has 1 atom stereocenters. The van der Waals surface area contributed by atoms with Crippen LogP contribution in [0.3, 0.4) is 0 Å². The third-order valence-corrected chi connectivity index (χ3v) is 5.23. The molecule has 1 amide bonds. The molecule has 0 saturated carbocycles. The molecule has 0 spiro atoms. The first-order chi connectivity index (χ1) is 8.11. The maximum atomic E-state index is 12.4. The predicted molar refractivity (Wildman–Crippen MR) is 84.7 cm³/mol. The van der Waals surface area contributed by atoms with E-state index in [1.807, 2.05) is 23.1 Å². The van der Waals surface area contributed by atoms with Gasteiger partial charge in [0.05, 0.1) is 5.56 Å². The Morgan fingerprint density at radius 3 is 2.94 bits per heavy atom. The van der Waals surface area contributed by atoms with Gasteiger partial charge in [0, 0.05) is 26.5 Å². The normalized spacial score (nSPS) is 19.7. The van der Waals surface area contributed by atoms with E-state index in [1.54, 1.807) is 0 Å². The van der Waals surface area contributed by atoms with Crippen LogP contribution >= 0.6 is 54.5 Å². The highest BCUT2D eigenvalue weighted by Crippen LogP contribution is 2.25. The largest absolute Gasteiger partial charge is 0.338 e. The molecule has 1 aromatic carbocycles. The van der Waals surface area contributed by atoms with E-state index in [2.05, 4.69) is 54.5 Å². The highest BCUT2D eigenvalue weighted by molar-refractivity contribution is 14.1. The van der Waals surface area contributed by atoms with E-state index in [1.165, 1.54) is 0 Å². The number of likely N-dealkylation sites (tertiary alicyclic amines) is 1. The molecule has 0 aromatic heterocycles. The molecule has 0 aliphatic carbocycles. The SMILES string of the molecule is O=C(c1cc(I)ccc1Br)N1CCC(CBr)C1. The summed E-state index contributed by atoms with van der Waals surface area (Å²) in [5.41, 5.74) is 0.770. The number of nitrogens with zero attached hydrogens (tertiary/aromatic N) is 1. The van der Waals surface area contributed by atoms with Crippen LogP contribution in [0, 0.1) is 9.49 Å². The lowest BCUT2D eigenvalue weighted by Crippen LogP contribution is -2.29. The van der Waals surface area contributed by atoms with Crippen LogP contribution in [0.2, 0.25) is 0 Å². The first kappa shape index (κ1) is 13.8. The molecule has 1 saturated heterocycles. The molecule has 92 valence electrons. The summed E-state index contributed by atoms with van der Waals surface area (Å²) in [7, 11) is 0. The van der Waals surface area contributed by atoms with Crippen LogP contribution in [-0.4, -0.2) is 29.2 Å². The van der Waals surface area contributed by atoms with Crippen molar-refractivity contribution in [2.75, 3.05) is 18.4 Å². The van der Waals surface area contributed by atoms with Gasteiger partial charge in [0.2, 0.25) is 0 Å². The van der Waals surface area contributed by atoms with Crippen molar-refractivity contribution < 1.29 is 4.79 Å². The minimum atomic E-state index is 0.138. The Morgan fingerprint density at radius 1 is 1.53 bits per heavy atom. The standard InChI is InChI=1S/C12H12Br2INO/c13-6-8-3-4-16(7-8)12(17)10-5-9(15)1-2-11(10)14/h1-2,5,8H,3-4,6-7H2. The molecule has 0 radical (unpaired) electrons. The number of benzene rings is 1. The predicted octanol–water partition coefficient (Wildman–Crippen LogP) is 3.91. The van der Waals surface area contributed by atoms with Crippen LogP contribution in [0.4, 0.5) is 0 Å². The Kier molecular flexibility index (Phi) is 4.88. The van der Waals surface area contributed by atoms with Crippen LogP contribution in [0.5, 0.6) is 0 Å². The summed E-state index contributed by atoms with van der Waals surface area (Å²) in [6, 6.07) is 5.87. The number of rotatable bonds is 2. The van der Waals surface area contributed by atoms with Crippen molar-refractivity contribution in [1.29, 1.82) is 0 Å². The number of hydrogen-bond donors (Lipinski definition) is 0. The maximum absolute atomic E-state index is 12.4. The third-order valence-electron chi connectivity index (χ3n) is 2.95. The van der Waals surface area contributed by atoms with Crippen LogP contribution in [0.25, 0.3) is 0 Å². The number of hydrogen-bond acceptors (Lipinski definition) is 1. The summed E-state index contributed by atoms with van der Waals surface area (Å²) < 4.78 is 1.97. The van der Waals surface area contributed by atoms with E-state index >= 15 is 0 Å². The van der Waals surface area contributed by atoms with Crippen LogP contribution in [-0.2, 0) is 0 Å². The van der Waals surface area contributed by atoms with Gasteiger partial charge < -0.3 is 4.90 Å². The Bertz CT molecular complexity index is 439. The van der Waals surface area contributed by atoms with Crippen molar-refractivity contribution in [3.63, 3.8) is 0 Å². The van der Waals surface area contributed by atoms with Gasteiger partial charge in [-0.3, -0.25) is 4.79 Å². The molecule has 0 bridgehead atoms. The Morgan fingerprint density at radius 2 is 2.29 bits per heavy atom. The molecule has 5 heteroatoms. The molecular formula is C12H12Br2INO. The third kappa shape index (κ3) is 3.23. The van der Waals surface area contributed by atoms with Crippen molar-refractivity contribution in [2.24, 2.45) is 5.92 Å². The summed E-state index contributed by atoms with van der Waals surface area (Å²) in [5.74, 6) is 0.736. The highest BCUT2D eigenvalue weighted by Gasteiger charge is 2.27. The zero-order valence-corrected chi connectivity index (χ0v) is 14.5. The van der Waals surface area contributed by atoms with Gasteiger partial charge in [0.15, 0.2) is 0 Å². The van der Waals surface area contributed by atoms with E-state index in [-0.39, 0.29) is 5.91 Å². The van der Waals surface area contributed by atoms with Crippen molar-refractivity contribution in [2.45, 2.75) is 6.42 Å². The minimum absolute atomic E-state index is 0.138. The second kappa shape index (κ2) is 6.02. The second-order valence-corrected chi connectivity index (χ2v) is 6.93. The molecule has 1 heterocycles. The Labute approximate surface area is 132 Å². The quantitative estimate of drug-likeness (QED) is 0.472. The van der Waals surface area contributed by atoms with E-state index < -0.39 is 0 Å². The van der Waals surface area contributed by atoms with Crippen LogP contribution in [0.15, 0.2) is 22.7 Å². The average molecular weight is 473 g/mol. The molecule has 1 aliphatic rings. The molecule has 1 fully saturated rings. The zero-order valence-electron chi connectivity index (χ0n) is 9.13. The first-order valence-corrected chi connectivity index (χ1v) is 8.41. The number of alkyl halides is 1. The summed E-state index contributed by atoms with van der Waals surface area (Å²) >= 11 is 9.17. The smallest absolute Gasteiger partial charge is 0.255 e. The van der Waals surface area contributed by atoms with E-state index in [9.17, 15) is 4.79 Å². The molecule has 1 aromatic rings. The van der Waals surface area contributed by atoms with Gasteiger partial charge in [-0.2, -0.15) is 0 Å². The van der Waals surface area contributed by atoms with Crippen molar-refractivity contribution in [1.82, 2.24) is 4.90 Å². The van der Waals surface area contributed by atoms with E-state index in [0.29, 0.717) is 5.92 Å². The van der Waals surface area contributed by atoms with Gasteiger partial charge in [0.1, 0.15) is 0 Å². The number of amides is 1.